The number of halogens is 1. The number of hydrogen-bond donors (Lipinski definition) is 0. The van der Waals surface area contributed by atoms with Crippen molar-refractivity contribution in [3.63, 3.8) is 0 Å². The van der Waals surface area contributed by atoms with Crippen LogP contribution in [0, 0.1) is 0 Å². The zero-order chi connectivity index (χ0) is 15.7. The highest BCUT2D eigenvalue weighted by Crippen LogP contribution is 2.21. The number of carbonyl (C=O) groups is 2. The maximum Gasteiger partial charge on any atom is 0.340 e. The van der Waals surface area contributed by atoms with Crippen molar-refractivity contribution < 1.29 is 14.3 Å². The van der Waals surface area contributed by atoms with Crippen LogP contribution in [0.2, 0.25) is 5.02 Å². The second-order valence-electron chi connectivity index (χ2n) is 4.73. The average molecular weight is 314 g/mol. The van der Waals surface area contributed by atoms with Gasteiger partial charge in [-0.2, -0.15) is 0 Å². The molecule has 0 bridgehead atoms. The highest BCUT2D eigenvalue weighted by molar-refractivity contribution is 6.30. The van der Waals surface area contributed by atoms with Crippen LogP contribution in [0.4, 0.5) is 0 Å². The molecule has 5 heteroatoms. The summed E-state index contributed by atoms with van der Waals surface area (Å²) >= 11 is 5.84. The molecular formula is C17H12ClNO3. The molecule has 4 nitrogen and oxygen atoms in total. The van der Waals surface area contributed by atoms with Crippen LogP contribution in [0.15, 0.2) is 54.7 Å². The van der Waals surface area contributed by atoms with Crippen LogP contribution in [0.5, 0.6) is 0 Å². The predicted octanol–water partition coefficient (Wildman–Crippen LogP) is 3.61. The van der Waals surface area contributed by atoms with E-state index in [1.165, 1.54) is 7.11 Å². The summed E-state index contributed by atoms with van der Waals surface area (Å²) in [5.41, 5.74) is 1.90. The third-order valence-electron chi connectivity index (χ3n) is 3.42. The van der Waals surface area contributed by atoms with Crippen molar-refractivity contribution in [3.05, 3.63) is 76.6 Å². The number of esters is 1. The van der Waals surface area contributed by atoms with Crippen molar-refractivity contribution in [3.8, 4) is 0 Å². The molecule has 0 fully saturated rings. The second-order valence-corrected chi connectivity index (χ2v) is 5.16. The Morgan fingerprint density at radius 1 is 1.09 bits per heavy atom. The maximum absolute atomic E-state index is 12.7. The lowest BCUT2D eigenvalue weighted by molar-refractivity contribution is 0.0603. The van der Waals surface area contributed by atoms with Gasteiger partial charge in [0.15, 0.2) is 0 Å². The van der Waals surface area contributed by atoms with Crippen LogP contribution in [0.1, 0.15) is 26.4 Å². The summed E-state index contributed by atoms with van der Waals surface area (Å²) in [5, 5.41) is 0.562. The minimum absolute atomic E-state index is 0.187. The van der Waals surface area contributed by atoms with E-state index in [-0.39, 0.29) is 5.78 Å². The number of rotatable bonds is 3. The van der Waals surface area contributed by atoms with Gasteiger partial charge in [-0.3, -0.25) is 4.79 Å². The van der Waals surface area contributed by atoms with Gasteiger partial charge in [0, 0.05) is 16.8 Å². The largest absolute Gasteiger partial charge is 0.465 e. The molecule has 0 atom stereocenters. The van der Waals surface area contributed by atoms with Gasteiger partial charge in [0.25, 0.3) is 0 Å². The van der Waals surface area contributed by atoms with Crippen molar-refractivity contribution in [1.29, 1.82) is 0 Å². The summed E-state index contributed by atoms with van der Waals surface area (Å²) < 4.78 is 6.46. The van der Waals surface area contributed by atoms with Gasteiger partial charge in [-0.25, -0.2) is 4.79 Å². The number of aromatic nitrogens is 1. The Morgan fingerprint density at radius 2 is 1.82 bits per heavy atom. The Balaban J connectivity index is 2.16. The summed E-state index contributed by atoms with van der Waals surface area (Å²) in [4.78, 5) is 24.6. The number of benzene rings is 1. The zero-order valence-electron chi connectivity index (χ0n) is 11.7. The first-order valence-electron chi connectivity index (χ1n) is 6.60. The molecule has 0 saturated carbocycles. The first kappa shape index (κ1) is 14.4. The quantitative estimate of drug-likeness (QED) is 0.548. The van der Waals surface area contributed by atoms with E-state index >= 15 is 0 Å². The summed E-state index contributed by atoms with van der Waals surface area (Å²) in [7, 11) is 1.31. The molecule has 3 rings (SSSR count). The molecule has 0 amide bonds. The molecule has 3 aromatic rings. The molecular weight excluding hydrogens is 302 g/mol. The van der Waals surface area contributed by atoms with E-state index in [4.69, 9.17) is 16.3 Å². The van der Waals surface area contributed by atoms with Gasteiger partial charge in [0.05, 0.1) is 23.9 Å². The van der Waals surface area contributed by atoms with E-state index in [0.717, 1.165) is 0 Å². The molecule has 0 unspecified atom stereocenters. The molecule has 0 saturated heterocycles. The Morgan fingerprint density at radius 3 is 2.50 bits per heavy atom. The van der Waals surface area contributed by atoms with Crippen LogP contribution in [-0.2, 0) is 4.74 Å². The summed E-state index contributed by atoms with van der Waals surface area (Å²) in [6, 6.07) is 13.6. The van der Waals surface area contributed by atoms with E-state index < -0.39 is 5.97 Å². The number of carbonyl (C=O) groups excluding carboxylic acids is 2. The predicted molar refractivity (Wildman–Crippen MR) is 83.6 cm³/mol. The molecule has 0 N–H and O–H groups in total. The zero-order valence-corrected chi connectivity index (χ0v) is 12.5. The fourth-order valence-electron chi connectivity index (χ4n) is 2.35. The van der Waals surface area contributed by atoms with Crippen molar-refractivity contribution in [2.75, 3.05) is 7.11 Å². The summed E-state index contributed by atoms with van der Waals surface area (Å²) in [6.45, 7) is 0. The van der Waals surface area contributed by atoms with E-state index in [1.807, 2.05) is 0 Å². The highest BCUT2D eigenvalue weighted by Gasteiger charge is 2.20. The fourth-order valence-corrected chi connectivity index (χ4v) is 2.48. The Bertz CT molecular complexity index is 865. The first-order valence-corrected chi connectivity index (χ1v) is 6.98. The van der Waals surface area contributed by atoms with E-state index in [2.05, 4.69) is 0 Å². The van der Waals surface area contributed by atoms with Gasteiger partial charge in [-0.15, -0.1) is 0 Å². The van der Waals surface area contributed by atoms with Gasteiger partial charge < -0.3 is 9.14 Å². The molecule has 22 heavy (non-hydrogen) atoms. The third-order valence-corrected chi connectivity index (χ3v) is 3.67. The van der Waals surface area contributed by atoms with Gasteiger partial charge in [-0.05, 0) is 42.5 Å². The van der Waals surface area contributed by atoms with Crippen molar-refractivity contribution >= 4 is 28.9 Å². The van der Waals surface area contributed by atoms with Gasteiger partial charge in [0.1, 0.15) is 0 Å². The number of methoxy groups -OCH3 is 1. The molecule has 0 spiro atoms. The number of ether oxygens (including phenoxy) is 1. The molecule has 0 aliphatic carbocycles. The van der Waals surface area contributed by atoms with E-state index in [9.17, 15) is 9.59 Å². The highest BCUT2D eigenvalue weighted by atomic mass is 35.5. The number of nitrogens with zero attached hydrogens (tertiary/aromatic N) is 1. The van der Waals surface area contributed by atoms with Gasteiger partial charge >= 0.3 is 5.97 Å². The van der Waals surface area contributed by atoms with Crippen LogP contribution in [0.25, 0.3) is 5.52 Å². The van der Waals surface area contributed by atoms with Gasteiger partial charge in [0.2, 0.25) is 5.78 Å². The second kappa shape index (κ2) is 5.66. The lowest BCUT2D eigenvalue weighted by Gasteiger charge is -2.02. The average Bonchev–Trinajstić information content (AvgIpc) is 2.94. The van der Waals surface area contributed by atoms with Crippen LogP contribution < -0.4 is 0 Å². The Hall–Kier alpha value is -2.59. The van der Waals surface area contributed by atoms with Crippen molar-refractivity contribution in [1.82, 2.24) is 4.40 Å². The SMILES string of the molecule is COC(=O)c1cc(C(=O)c2ccc(Cl)cc2)n2ccccc12. The summed E-state index contributed by atoms with van der Waals surface area (Å²) in [5.74, 6) is -0.660. The van der Waals surface area contributed by atoms with Crippen LogP contribution in [0.3, 0.4) is 0 Å². The fraction of sp³-hybridized carbons (Fsp3) is 0.0588. The maximum atomic E-state index is 12.7. The van der Waals surface area contributed by atoms with Crippen molar-refractivity contribution in [2.45, 2.75) is 0 Å². The Kier molecular flexibility index (Phi) is 3.69. The standard InChI is InChI=1S/C17H12ClNO3/c1-22-17(21)13-10-15(19-9-3-2-4-14(13)19)16(20)11-5-7-12(18)8-6-11/h2-10H,1H3. The minimum Gasteiger partial charge on any atom is -0.465 e. The first-order chi connectivity index (χ1) is 10.6. The van der Waals surface area contributed by atoms with Crippen molar-refractivity contribution in [2.24, 2.45) is 0 Å². The third kappa shape index (κ3) is 2.38. The molecule has 2 aromatic heterocycles. The number of ketones is 1. The summed E-state index contributed by atoms with van der Waals surface area (Å²) in [6.07, 6.45) is 1.74. The number of pyridine rings is 1. The van der Waals surface area contributed by atoms with Crippen LogP contribution >= 0.6 is 11.6 Å². The number of hydrogen-bond acceptors (Lipinski definition) is 3. The van der Waals surface area contributed by atoms with E-state index in [1.54, 1.807) is 59.1 Å². The van der Waals surface area contributed by atoms with Gasteiger partial charge in [-0.1, -0.05) is 17.7 Å². The molecule has 0 aliphatic rings. The number of fused-ring (bicyclic) bond motifs is 1. The van der Waals surface area contributed by atoms with Crippen LogP contribution in [-0.4, -0.2) is 23.3 Å². The molecule has 0 aliphatic heterocycles. The lowest BCUT2D eigenvalue weighted by atomic mass is 10.1. The molecule has 2 heterocycles. The molecule has 1 aromatic carbocycles. The normalized spacial score (nSPS) is 10.6. The topological polar surface area (TPSA) is 47.8 Å². The molecule has 0 radical (unpaired) electrons. The Labute approximate surface area is 131 Å². The minimum atomic E-state index is -0.473. The smallest absolute Gasteiger partial charge is 0.340 e. The molecule has 110 valence electrons. The monoisotopic (exact) mass is 313 g/mol. The lowest BCUT2D eigenvalue weighted by Crippen LogP contribution is -2.04. The van der Waals surface area contributed by atoms with E-state index in [0.29, 0.717) is 27.4 Å².